The Morgan fingerprint density at radius 3 is 2.62 bits per heavy atom. The molecule has 114 valence electrons. The molecule has 0 atom stereocenters. The number of nitrogens with zero attached hydrogens (tertiary/aromatic N) is 2. The van der Waals surface area contributed by atoms with Gasteiger partial charge >= 0.3 is 0 Å². The molecule has 0 spiro atoms. The van der Waals surface area contributed by atoms with E-state index in [1.807, 2.05) is 0 Å². The van der Waals surface area contributed by atoms with E-state index in [0.29, 0.717) is 0 Å². The second-order valence-corrected chi connectivity index (χ2v) is 5.57. The van der Waals surface area contributed by atoms with E-state index in [1.54, 1.807) is 0 Å². The zero-order valence-corrected chi connectivity index (χ0v) is 12.5. The van der Waals surface area contributed by atoms with Gasteiger partial charge in [-0.3, -0.25) is 9.89 Å². The highest BCUT2D eigenvalue weighted by atomic mass is 16.5. The Bertz CT molecular complexity index is 466. The number of hydrogen-bond donors (Lipinski definition) is 2. The number of guanidine groups is 1. The van der Waals surface area contributed by atoms with Crippen LogP contribution in [0.25, 0.3) is 0 Å². The highest BCUT2D eigenvalue weighted by molar-refractivity contribution is 5.80. The fourth-order valence-electron chi connectivity index (χ4n) is 2.62. The zero-order valence-electron chi connectivity index (χ0n) is 12.5. The molecule has 0 amide bonds. The molecular formula is C16H24N4O. The molecule has 2 aliphatic rings. The molecule has 0 aromatic heterocycles. The van der Waals surface area contributed by atoms with Gasteiger partial charge in [-0.2, -0.15) is 0 Å². The van der Waals surface area contributed by atoms with Crippen molar-refractivity contribution in [2.45, 2.75) is 19.5 Å². The molecule has 5 heteroatoms. The first kappa shape index (κ1) is 14.4. The van der Waals surface area contributed by atoms with Crippen molar-refractivity contribution in [3.8, 4) is 0 Å². The number of hydrogen-bond acceptors (Lipinski definition) is 5. The Hall–Kier alpha value is -1.59. The summed E-state index contributed by atoms with van der Waals surface area (Å²) in [7, 11) is 0. The summed E-state index contributed by atoms with van der Waals surface area (Å²) in [6.45, 7) is 7.57. The number of rotatable bonds is 4. The molecule has 1 fully saturated rings. The number of ether oxygens (including phenoxy) is 1. The van der Waals surface area contributed by atoms with Crippen molar-refractivity contribution in [1.29, 1.82) is 0 Å². The standard InChI is InChI=1S/C16H24N4O/c1-6-17-16(18-7-1)19-12-14-2-4-15(5-3-14)13-20-8-10-21-11-9-20/h2-5H,1,6-13H2,(H2,17,18,19). The highest BCUT2D eigenvalue weighted by Crippen LogP contribution is 2.09. The van der Waals surface area contributed by atoms with E-state index in [0.717, 1.165) is 64.9 Å². The summed E-state index contributed by atoms with van der Waals surface area (Å²) in [5.74, 6) is 0.929. The predicted octanol–water partition coefficient (Wildman–Crippen LogP) is 0.958. The molecule has 1 aromatic carbocycles. The van der Waals surface area contributed by atoms with E-state index < -0.39 is 0 Å². The Kier molecular flexibility index (Phi) is 5.08. The molecule has 0 bridgehead atoms. The van der Waals surface area contributed by atoms with Crippen LogP contribution in [0.3, 0.4) is 0 Å². The van der Waals surface area contributed by atoms with Crippen molar-refractivity contribution in [3.63, 3.8) is 0 Å². The van der Waals surface area contributed by atoms with Crippen LogP contribution in [0.15, 0.2) is 29.3 Å². The third kappa shape index (κ3) is 4.44. The van der Waals surface area contributed by atoms with E-state index in [9.17, 15) is 0 Å². The number of nitrogens with one attached hydrogen (secondary N) is 2. The topological polar surface area (TPSA) is 48.9 Å². The molecule has 2 N–H and O–H groups in total. The van der Waals surface area contributed by atoms with Gasteiger partial charge in [-0.1, -0.05) is 24.3 Å². The molecule has 2 heterocycles. The third-order valence-electron chi connectivity index (χ3n) is 3.89. The lowest BCUT2D eigenvalue weighted by molar-refractivity contribution is 0.0342. The van der Waals surface area contributed by atoms with E-state index in [-0.39, 0.29) is 0 Å². The molecule has 0 aliphatic carbocycles. The molecule has 0 unspecified atom stereocenters. The molecule has 0 radical (unpaired) electrons. The quantitative estimate of drug-likeness (QED) is 0.866. The maximum absolute atomic E-state index is 5.38. The van der Waals surface area contributed by atoms with Crippen LogP contribution >= 0.6 is 0 Å². The molecule has 5 nitrogen and oxygen atoms in total. The third-order valence-corrected chi connectivity index (χ3v) is 3.89. The average molecular weight is 288 g/mol. The summed E-state index contributed by atoms with van der Waals surface area (Å²) in [4.78, 5) is 6.86. The largest absolute Gasteiger partial charge is 0.379 e. The van der Waals surface area contributed by atoms with Crippen LogP contribution in [0.5, 0.6) is 0 Å². The summed E-state index contributed by atoms with van der Waals surface area (Å²) in [6.07, 6.45) is 1.13. The summed E-state index contributed by atoms with van der Waals surface area (Å²) < 4.78 is 5.38. The van der Waals surface area contributed by atoms with Gasteiger partial charge in [0.15, 0.2) is 5.96 Å². The smallest absolute Gasteiger partial charge is 0.191 e. The Morgan fingerprint density at radius 1 is 1.14 bits per heavy atom. The molecule has 1 aromatic rings. The summed E-state index contributed by atoms with van der Waals surface area (Å²) in [5.41, 5.74) is 2.66. The molecule has 1 saturated heterocycles. The Labute approximate surface area is 126 Å². The lowest BCUT2D eigenvalue weighted by Gasteiger charge is -2.26. The Balaban J connectivity index is 1.48. The van der Waals surface area contributed by atoms with Crippen LogP contribution in [0.1, 0.15) is 17.5 Å². The van der Waals surface area contributed by atoms with Crippen LogP contribution in [-0.2, 0) is 17.8 Å². The van der Waals surface area contributed by atoms with Crippen molar-refractivity contribution < 1.29 is 4.74 Å². The number of aliphatic imine (C=N–C) groups is 1. The fourth-order valence-corrected chi connectivity index (χ4v) is 2.62. The van der Waals surface area contributed by atoms with Gasteiger partial charge in [-0.05, 0) is 17.5 Å². The summed E-state index contributed by atoms with van der Waals surface area (Å²) in [6, 6.07) is 8.85. The lowest BCUT2D eigenvalue weighted by atomic mass is 10.1. The fraction of sp³-hybridized carbons (Fsp3) is 0.562. The van der Waals surface area contributed by atoms with Gasteiger partial charge in [0.05, 0.1) is 13.2 Å². The van der Waals surface area contributed by atoms with Crippen LogP contribution in [-0.4, -0.2) is 50.3 Å². The van der Waals surface area contributed by atoms with Crippen molar-refractivity contribution in [3.05, 3.63) is 35.4 Å². The monoisotopic (exact) mass is 288 g/mol. The van der Waals surface area contributed by atoms with Crippen molar-refractivity contribution in [2.24, 2.45) is 4.99 Å². The van der Waals surface area contributed by atoms with Gasteiger partial charge in [-0.25, -0.2) is 0 Å². The predicted molar refractivity (Wildman–Crippen MR) is 84.3 cm³/mol. The minimum atomic E-state index is 0.823. The van der Waals surface area contributed by atoms with E-state index >= 15 is 0 Å². The minimum Gasteiger partial charge on any atom is -0.379 e. The first-order chi connectivity index (χ1) is 10.4. The lowest BCUT2D eigenvalue weighted by Crippen LogP contribution is -2.40. The van der Waals surface area contributed by atoms with Crippen molar-refractivity contribution in [1.82, 2.24) is 15.5 Å². The van der Waals surface area contributed by atoms with Crippen molar-refractivity contribution >= 4 is 5.96 Å². The maximum atomic E-state index is 5.38. The van der Waals surface area contributed by atoms with Gasteiger partial charge in [0.2, 0.25) is 0 Å². The number of benzene rings is 1. The van der Waals surface area contributed by atoms with Crippen LogP contribution in [0.2, 0.25) is 0 Å². The van der Waals surface area contributed by atoms with E-state index in [2.05, 4.69) is 44.8 Å². The molecular weight excluding hydrogens is 264 g/mol. The summed E-state index contributed by atoms with van der Waals surface area (Å²) in [5, 5.41) is 6.63. The van der Waals surface area contributed by atoms with E-state index in [4.69, 9.17) is 4.74 Å². The molecule has 21 heavy (non-hydrogen) atoms. The summed E-state index contributed by atoms with van der Waals surface area (Å²) >= 11 is 0. The van der Waals surface area contributed by atoms with Crippen LogP contribution in [0.4, 0.5) is 0 Å². The first-order valence-electron chi connectivity index (χ1n) is 7.80. The van der Waals surface area contributed by atoms with Crippen LogP contribution in [0, 0.1) is 0 Å². The first-order valence-corrected chi connectivity index (χ1v) is 7.80. The van der Waals surface area contributed by atoms with Crippen molar-refractivity contribution in [2.75, 3.05) is 39.4 Å². The number of morpholine rings is 1. The van der Waals surface area contributed by atoms with Gasteiger partial charge in [0, 0.05) is 39.3 Å². The Morgan fingerprint density at radius 2 is 1.90 bits per heavy atom. The van der Waals surface area contributed by atoms with Gasteiger partial charge in [0.25, 0.3) is 0 Å². The minimum absolute atomic E-state index is 0.823. The average Bonchev–Trinajstić information content (AvgIpc) is 2.56. The highest BCUT2D eigenvalue weighted by Gasteiger charge is 2.10. The molecule has 2 aliphatic heterocycles. The zero-order chi connectivity index (χ0) is 14.3. The van der Waals surface area contributed by atoms with Crippen LogP contribution < -0.4 is 10.6 Å². The van der Waals surface area contributed by atoms with Gasteiger partial charge in [0.1, 0.15) is 0 Å². The molecule has 3 rings (SSSR count). The van der Waals surface area contributed by atoms with E-state index in [1.165, 1.54) is 11.1 Å². The molecule has 0 saturated carbocycles. The SMILES string of the molecule is c1cc(CN2CCOCC2)ccc1CNC1=NCCCN1. The normalized spacial score (nSPS) is 19.7. The second-order valence-electron chi connectivity index (χ2n) is 5.57. The van der Waals surface area contributed by atoms with Gasteiger partial charge < -0.3 is 15.4 Å². The maximum Gasteiger partial charge on any atom is 0.191 e. The van der Waals surface area contributed by atoms with Gasteiger partial charge in [-0.15, -0.1) is 0 Å². The second kappa shape index (κ2) is 7.43.